The van der Waals surface area contributed by atoms with Crippen LogP contribution >= 0.6 is 22.9 Å². The third kappa shape index (κ3) is 3.00. The van der Waals surface area contributed by atoms with E-state index in [9.17, 15) is 0 Å². The Morgan fingerprint density at radius 2 is 1.96 bits per heavy atom. The van der Waals surface area contributed by atoms with Crippen molar-refractivity contribution >= 4 is 43.9 Å². The monoisotopic (exact) mass is 387 g/mol. The molecule has 0 saturated heterocycles. The van der Waals surface area contributed by atoms with Crippen molar-refractivity contribution in [3.05, 3.63) is 47.5 Å². The molecule has 7 heteroatoms. The Labute approximate surface area is 160 Å². The summed E-state index contributed by atoms with van der Waals surface area (Å²) in [5.74, 6) is 1.78. The van der Waals surface area contributed by atoms with Gasteiger partial charge in [0.15, 0.2) is 4.96 Å². The van der Waals surface area contributed by atoms with E-state index in [0.717, 1.165) is 43.0 Å². The number of thiazole rings is 1. The molecule has 0 atom stereocenters. The van der Waals surface area contributed by atoms with Gasteiger partial charge in [-0.05, 0) is 42.5 Å². The molecule has 0 spiro atoms. The molecule has 0 fully saturated rings. The molecule has 0 saturated carbocycles. The maximum atomic E-state index is 6.14. The van der Waals surface area contributed by atoms with Gasteiger partial charge >= 0.3 is 0 Å². The molecule has 4 aromatic rings. The smallest absolute Gasteiger partial charge is 0.197 e. The summed E-state index contributed by atoms with van der Waals surface area (Å²) in [6, 6.07) is 13.8. The molecule has 2 aromatic heterocycles. The summed E-state index contributed by atoms with van der Waals surface area (Å²) >= 11 is 7.77. The fourth-order valence-electron chi connectivity index (χ4n) is 2.93. The number of anilines is 1. The molecule has 4 rings (SSSR count). The van der Waals surface area contributed by atoms with E-state index >= 15 is 0 Å². The maximum Gasteiger partial charge on any atom is 0.197 e. The van der Waals surface area contributed by atoms with Gasteiger partial charge < -0.3 is 14.8 Å². The first-order chi connectivity index (χ1) is 12.7. The van der Waals surface area contributed by atoms with E-state index in [-0.39, 0.29) is 0 Å². The molecule has 134 valence electrons. The van der Waals surface area contributed by atoms with Crippen LogP contribution in [0.3, 0.4) is 0 Å². The number of methoxy groups -OCH3 is 2. The Morgan fingerprint density at radius 3 is 2.69 bits per heavy atom. The van der Waals surface area contributed by atoms with Gasteiger partial charge in [-0.1, -0.05) is 22.9 Å². The molecule has 2 heterocycles. The number of hydrogen-bond acceptors (Lipinski definition) is 5. The lowest BCUT2D eigenvalue weighted by Gasteiger charge is -2.09. The summed E-state index contributed by atoms with van der Waals surface area (Å²) in [4.78, 5) is 5.80. The average Bonchev–Trinajstić information content (AvgIpc) is 3.18. The normalized spacial score (nSPS) is 11.3. The first kappa shape index (κ1) is 17.1. The van der Waals surface area contributed by atoms with Crippen LogP contribution in [0.5, 0.6) is 5.75 Å². The number of imidazole rings is 1. The summed E-state index contributed by atoms with van der Waals surface area (Å²) in [5, 5.41) is 4.20. The minimum absolute atomic E-state index is 0.614. The van der Waals surface area contributed by atoms with Crippen molar-refractivity contribution in [1.29, 1.82) is 0 Å². The Bertz CT molecular complexity index is 1060. The van der Waals surface area contributed by atoms with E-state index in [0.29, 0.717) is 13.2 Å². The van der Waals surface area contributed by atoms with Crippen LogP contribution < -0.4 is 10.1 Å². The van der Waals surface area contributed by atoms with Crippen molar-refractivity contribution in [2.45, 2.75) is 0 Å². The van der Waals surface area contributed by atoms with Crippen LogP contribution in [0.1, 0.15) is 0 Å². The summed E-state index contributed by atoms with van der Waals surface area (Å²) in [7, 11) is 3.36. The molecule has 5 nitrogen and oxygen atoms in total. The Hall–Kier alpha value is -2.28. The quantitative estimate of drug-likeness (QED) is 0.476. The average molecular weight is 388 g/mol. The first-order valence-electron chi connectivity index (χ1n) is 8.19. The second-order valence-corrected chi connectivity index (χ2v) is 7.23. The van der Waals surface area contributed by atoms with E-state index < -0.39 is 0 Å². The van der Waals surface area contributed by atoms with Crippen molar-refractivity contribution in [3.8, 4) is 17.0 Å². The van der Waals surface area contributed by atoms with Crippen molar-refractivity contribution < 1.29 is 9.47 Å². The lowest BCUT2D eigenvalue weighted by molar-refractivity contribution is 0.210. The second-order valence-electron chi connectivity index (χ2n) is 5.79. The highest BCUT2D eigenvalue weighted by atomic mass is 35.5. The molecule has 0 radical (unpaired) electrons. The van der Waals surface area contributed by atoms with Gasteiger partial charge in [0.25, 0.3) is 0 Å². The lowest BCUT2D eigenvalue weighted by atomic mass is 10.1. The number of hydrogen-bond donors (Lipinski definition) is 1. The third-order valence-electron chi connectivity index (χ3n) is 4.17. The van der Waals surface area contributed by atoms with E-state index in [1.54, 1.807) is 25.6 Å². The fraction of sp³-hybridized carbons (Fsp3) is 0.211. The molecule has 0 bridgehead atoms. The van der Waals surface area contributed by atoms with Gasteiger partial charge in [-0.25, -0.2) is 4.98 Å². The number of fused-ring (bicyclic) bond motifs is 3. The van der Waals surface area contributed by atoms with Crippen LogP contribution in [0.15, 0.2) is 42.5 Å². The Morgan fingerprint density at radius 1 is 1.15 bits per heavy atom. The van der Waals surface area contributed by atoms with Crippen LogP contribution in [0, 0.1) is 0 Å². The zero-order valence-electron chi connectivity index (χ0n) is 14.5. The van der Waals surface area contributed by atoms with Crippen molar-refractivity contribution in [2.75, 3.05) is 32.7 Å². The van der Waals surface area contributed by atoms with Gasteiger partial charge in [0, 0.05) is 24.2 Å². The molecule has 0 amide bonds. The van der Waals surface area contributed by atoms with Gasteiger partial charge in [0.2, 0.25) is 0 Å². The van der Waals surface area contributed by atoms with Gasteiger partial charge in [0.1, 0.15) is 17.3 Å². The largest absolute Gasteiger partial charge is 0.497 e. The number of aromatic nitrogens is 2. The van der Waals surface area contributed by atoms with Gasteiger partial charge in [-0.2, -0.15) is 0 Å². The number of nitrogens with one attached hydrogen (secondary N) is 1. The van der Waals surface area contributed by atoms with Gasteiger partial charge in [-0.15, -0.1) is 0 Å². The van der Waals surface area contributed by atoms with Gasteiger partial charge in [0.05, 0.1) is 23.9 Å². The van der Waals surface area contributed by atoms with E-state index in [4.69, 9.17) is 26.1 Å². The van der Waals surface area contributed by atoms with Crippen molar-refractivity contribution in [1.82, 2.24) is 9.38 Å². The van der Waals surface area contributed by atoms with Gasteiger partial charge in [-0.3, -0.25) is 4.40 Å². The number of halogens is 1. The van der Waals surface area contributed by atoms with Crippen LogP contribution in [0.4, 0.5) is 5.82 Å². The van der Waals surface area contributed by atoms with Crippen LogP contribution in [0.2, 0.25) is 5.02 Å². The van der Waals surface area contributed by atoms with Crippen molar-refractivity contribution in [2.24, 2.45) is 0 Å². The molecule has 0 aliphatic rings. The van der Waals surface area contributed by atoms with Crippen LogP contribution in [-0.4, -0.2) is 36.8 Å². The summed E-state index contributed by atoms with van der Waals surface area (Å²) < 4.78 is 13.7. The molecule has 2 aromatic carbocycles. The number of ether oxygens (including phenoxy) is 2. The maximum absolute atomic E-state index is 6.14. The highest BCUT2D eigenvalue weighted by Gasteiger charge is 2.18. The number of nitrogens with zero attached hydrogens (tertiary/aromatic N) is 2. The van der Waals surface area contributed by atoms with E-state index in [2.05, 4.69) is 9.72 Å². The third-order valence-corrected chi connectivity index (χ3v) is 5.41. The fourth-order valence-corrected chi connectivity index (χ4v) is 4.23. The summed E-state index contributed by atoms with van der Waals surface area (Å²) in [6.07, 6.45) is 0. The lowest BCUT2D eigenvalue weighted by Crippen LogP contribution is -2.10. The predicted molar refractivity (Wildman–Crippen MR) is 108 cm³/mol. The first-order valence-corrected chi connectivity index (χ1v) is 9.38. The Kier molecular flexibility index (Phi) is 4.72. The molecular formula is C19H18ClN3O2S. The number of benzene rings is 2. The van der Waals surface area contributed by atoms with Crippen molar-refractivity contribution in [3.63, 3.8) is 0 Å². The molecule has 0 unspecified atom stereocenters. The standard InChI is InChI=1S/C19H18ClN3O2S/c1-24-10-9-21-18-17(12-3-6-14(25-2)7-4-12)22-19-23(18)15-8-5-13(20)11-16(15)26-19/h3-8,11,21H,9-10H2,1-2H3. The molecule has 0 aliphatic heterocycles. The SMILES string of the molecule is COCCNc1c(-c2ccc(OC)cc2)nc2sc3cc(Cl)ccc3n12. The second kappa shape index (κ2) is 7.15. The topological polar surface area (TPSA) is 47.8 Å². The molecule has 26 heavy (non-hydrogen) atoms. The summed E-state index contributed by atoms with van der Waals surface area (Å²) in [6.45, 7) is 1.31. The minimum atomic E-state index is 0.614. The highest BCUT2D eigenvalue weighted by Crippen LogP contribution is 2.37. The number of rotatable bonds is 6. The minimum Gasteiger partial charge on any atom is -0.497 e. The zero-order valence-corrected chi connectivity index (χ0v) is 16.0. The summed E-state index contributed by atoms with van der Waals surface area (Å²) in [5.41, 5.74) is 3.03. The molecule has 0 aliphatic carbocycles. The zero-order chi connectivity index (χ0) is 18.1. The Balaban J connectivity index is 1.88. The van der Waals surface area contributed by atoms with E-state index in [1.807, 2.05) is 42.5 Å². The highest BCUT2D eigenvalue weighted by molar-refractivity contribution is 7.23. The predicted octanol–water partition coefficient (Wildman–Crippen LogP) is 4.94. The molecule has 1 N–H and O–H groups in total. The van der Waals surface area contributed by atoms with Crippen LogP contribution in [0.25, 0.3) is 26.4 Å². The molecular weight excluding hydrogens is 370 g/mol. The van der Waals surface area contributed by atoms with Crippen LogP contribution in [-0.2, 0) is 4.74 Å². The van der Waals surface area contributed by atoms with E-state index in [1.165, 1.54) is 0 Å².